The molecule has 1 aromatic rings. The lowest BCUT2D eigenvalue weighted by atomic mass is 9.73. The lowest BCUT2D eigenvalue weighted by Crippen LogP contribution is -2.41. The third-order valence-corrected chi connectivity index (χ3v) is 3.98. The van der Waals surface area contributed by atoms with E-state index in [4.69, 9.17) is 5.11 Å². The fourth-order valence-corrected chi connectivity index (χ4v) is 2.86. The molecule has 104 valence electrons. The summed E-state index contributed by atoms with van der Waals surface area (Å²) in [6.45, 7) is 4.13. The minimum absolute atomic E-state index is 0.0799. The van der Waals surface area contributed by atoms with Crippen LogP contribution in [0.15, 0.2) is 15.8 Å². The number of H-pyrrole nitrogens is 1. The van der Waals surface area contributed by atoms with Crippen molar-refractivity contribution in [3.8, 4) is 0 Å². The fourth-order valence-electron chi connectivity index (χ4n) is 2.86. The smallest absolute Gasteiger partial charge is 0.342 e. The molecule has 0 spiro atoms. The normalized spacial score (nSPS) is 22.1. The fraction of sp³-hybridized carbons (Fsp3) is 0.615. The van der Waals surface area contributed by atoms with Crippen molar-refractivity contribution in [3.63, 3.8) is 0 Å². The molecule has 19 heavy (non-hydrogen) atoms. The zero-order valence-corrected chi connectivity index (χ0v) is 11.1. The lowest BCUT2D eigenvalue weighted by molar-refractivity contribution is 0.0691. The summed E-state index contributed by atoms with van der Waals surface area (Å²) in [6, 6.07) is -0.0799. The van der Waals surface area contributed by atoms with Gasteiger partial charge in [-0.1, -0.05) is 26.7 Å². The molecule has 1 unspecified atom stereocenters. The minimum atomic E-state index is -1.32. The second-order valence-electron chi connectivity index (χ2n) is 5.76. The summed E-state index contributed by atoms with van der Waals surface area (Å²) in [4.78, 5) is 36.4. The van der Waals surface area contributed by atoms with Crippen LogP contribution >= 0.6 is 0 Å². The average Bonchev–Trinajstić information content (AvgIpc) is 2.29. The van der Waals surface area contributed by atoms with Gasteiger partial charge in [-0.05, 0) is 18.3 Å². The maximum absolute atomic E-state index is 11.9. The summed E-state index contributed by atoms with van der Waals surface area (Å²) in [6.07, 6.45) is 5.08. The van der Waals surface area contributed by atoms with Crippen LogP contribution in [0.2, 0.25) is 0 Å². The van der Waals surface area contributed by atoms with E-state index in [1.54, 1.807) is 0 Å². The molecule has 1 aliphatic carbocycles. The Balaban J connectivity index is 2.56. The van der Waals surface area contributed by atoms with Crippen molar-refractivity contribution in [1.82, 2.24) is 9.55 Å². The topological polar surface area (TPSA) is 92.2 Å². The van der Waals surface area contributed by atoms with E-state index in [1.807, 2.05) is 0 Å². The van der Waals surface area contributed by atoms with Crippen LogP contribution < -0.4 is 11.2 Å². The van der Waals surface area contributed by atoms with Crippen molar-refractivity contribution in [3.05, 3.63) is 32.6 Å². The summed E-state index contributed by atoms with van der Waals surface area (Å²) < 4.78 is 1.38. The molecule has 0 aromatic carbocycles. The second kappa shape index (κ2) is 4.68. The Hall–Kier alpha value is -1.85. The van der Waals surface area contributed by atoms with Crippen LogP contribution in [0.1, 0.15) is 55.9 Å². The molecule has 1 aliphatic rings. The first kappa shape index (κ1) is 13.6. The zero-order chi connectivity index (χ0) is 14.2. The highest BCUT2D eigenvalue weighted by molar-refractivity contribution is 5.86. The van der Waals surface area contributed by atoms with E-state index < -0.39 is 17.2 Å². The number of nitrogens with zero attached hydrogens (tertiary/aromatic N) is 1. The van der Waals surface area contributed by atoms with Crippen molar-refractivity contribution >= 4 is 5.97 Å². The number of carboxylic acid groups (broad SMARTS) is 1. The Morgan fingerprint density at radius 1 is 1.42 bits per heavy atom. The highest BCUT2D eigenvalue weighted by Crippen LogP contribution is 2.42. The van der Waals surface area contributed by atoms with Crippen LogP contribution in [0.25, 0.3) is 0 Å². The predicted octanol–water partition coefficient (Wildman–Crippen LogP) is 1.38. The number of aromatic nitrogens is 2. The predicted molar refractivity (Wildman–Crippen MR) is 69.6 cm³/mol. The Morgan fingerprint density at radius 2 is 2.11 bits per heavy atom. The van der Waals surface area contributed by atoms with Crippen LogP contribution in [0.3, 0.4) is 0 Å². The van der Waals surface area contributed by atoms with E-state index in [-0.39, 0.29) is 17.0 Å². The largest absolute Gasteiger partial charge is 0.477 e. The van der Waals surface area contributed by atoms with Crippen molar-refractivity contribution < 1.29 is 9.90 Å². The van der Waals surface area contributed by atoms with E-state index in [9.17, 15) is 14.4 Å². The molecule has 0 bridgehead atoms. The van der Waals surface area contributed by atoms with E-state index >= 15 is 0 Å². The van der Waals surface area contributed by atoms with E-state index in [1.165, 1.54) is 10.8 Å². The number of carboxylic acids is 1. The van der Waals surface area contributed by atoms with Crippen LogP contribution in [-0.4, -0.2) is 20.6 Å². The highest BCUT2D eigenvalue weighted by Gasteiger charge is 2.34. The van der Waals surface area contributed by atoms with Gasteiger partial charge in [-0.3, -0.25) is 14.3 Å². The molecule has 1 saturated carbocycles. The molecule has 2 N–H and O–H groups in total. The number of rotatable bonds is 2. The number of aromatic amines is 1. The van der Waals surface area contributed by atoms with Gasteiger partial charge in [-0.25, -0.2) is 9.59 Å². The van der Waals surface area contributed by atoms with E-state index in [0.717, 1.165) is 25.7 Å². The molecule has 1 atom stereocenters. The first-order valence-corrected chi connectivity index (χ1v) is 6.42. The number of carbonyl (C=O) groups is 1. The number of nitrogens with one attached hydrogen (secondary N) is 1. The quantitative estimate of drug-likeness (QED) is 0.845. The third kappa shape index (κ3) is 2.47. The van der Waals surface area contributed by atoms with Crippen molar-refractivity contribution in [2.45, 2.75) is 45.6 Å². The number of hydrogen-bond donors (Lipinski definition) is 2. The molecule has 0 amide bonds. The molecule has 2 rings (SSSR count). The van der Waals surface area contributed by atoms with Gasteiger partial charge in [0, 0.05) is 12.2 Å². The molecule has 0 saturated heterocycles. The molecule has 0 radical (unpaired) electrons. The summed E-state index contributed by atoms with van der Waals surface area (Å²) in [5, 5.41) is 8.97. The van der Waals surface area contributed by atoms with Gasteiger partial charge in [0.15, 0.2) is 0 Å². The van der Waals surface area contributed by atoms with Crippen LogP contribution in [0.4, 0.5) is 0 Å². The summed E-state index contributed by atoms with van der Waals surface area (Å²) in [5.74, 6) is -1.32. The maximum Gasteiger partial charge on any atom is 0.342 e. The van der Waals surface area contributed by atoms with Crippen molar-refractivity contribution in [2.75, 3.05) is 0 Å². The van der Waals surface area contributed by atoms with E-state index in [0.29, 0.717) is 0 Å². The highest BCUT2D eigenvalue weighted by atomic mass is 16.4. The Kier molecular flexibility index (Phi) is 3.34. The molecule has 0 aliphatic heterocycles. The summed E-state index contributed by atoms with van der Waals surface area (Å²) in [5.41, 5.74) is -1.85. The zero-order valence-electron chi connectivity index (χ0n) is 11.1. The summed E-state index contributed by atoms with van der Waals surface area (Å²) in [7, 11) is 0. The minimum Gasteiger partial charge on any atom is -0.477 e. The first-order chi connectivity index (χ1) is 8.83. The molecular weight excluding hydrogens is 248 g/mol. The summed E-state index contributed by atoms with van der Waals surface area (Å²) >= 11 is 0. The van der Waals surface area contributed by atoms with Crippen LogP contribution in [0, 0.1) is 5.41 Å². The van der Waals surface area contributed by atoms with Crippen molar-refractivity contribution in [1.29, 1.82) is 0 Å². The van der Waals surface area contributed by atoms with Crippen molar-refractivity contribution in [2.24, 2.45) is 5.41 Å². The van der Waals surface area contributed by atoms with Gasteiger partial charge in [0.25, 0.3) is 5.56 Å². The monoisotopic (exact) mass is 266 g/mol. The van der Waals surface area contributed by atoms with Crippen LogP contribution in [-0.2, 0) is 0 Å². The lowest BCUT2D eigenvalue weighted by Gasteiger charge is -2.39. The van der Waals surface area contributed by atoms with Gasteiger partial charge in [0.1, 0.15) is 5.56 Å². The van der Waals surface area contributed by atoms with Crippen LogP contribution in [0.5, 0.6) is 0 Å². The Bertz CT molecular complexity index is 612. The molecule has 1 fully saturated rings. The molecule has 6 heteroatoms. The van der Waals surface area contributed by atoms with Gasteiger partial charge in [-0.2, -0.15) is 0 Å². The van der Waals surface area contributed by atoms with Gasteiger partial charge in [0.05, 0.1) is 0 Å². The van der Waals surface area contributed by atoms with Gasteiger partial charge in [-0.15, -0.1) is 0 Å². The number of aromatic carboxylic acids is 1. The Labute approximate surface area is 110 Å². The maximum atomic E-state index is 11.9. The van der Waals surface area contributed by atoms with Gasteiger partial charge < -0.3 is 5.11 Å². The molecule has 1 aromatic heterocycles. The SMILES string of the molecule is CC1(C)CCCCC1n1cc(C(=O)O)c(=O)[nH]c1=O. The third-order valence-electron chi connectivity index (χ3n) is 3.98. The molecule has 1 heterocycles. The standard InChI is InChI=1S/C13H18N2O4/c1-13(2)6-4-3-5-9(13)15-7-8(11(17)18)10(16)14-12(15)19/h7,9H,3-6H2,1-2H3,(H,17,18)(H,14,16,19). The first-order valence-electron chi connectivity index (χ1n) is 6.42. The van der Waals surface area contributed by atoms with Gasteiger partial charge in [0.2, 0.25) is 0 Å². The number of hydrogen-bond acceptors (Lipinski definition) is 3. The van der Waals surface area contributed by atoms with Gasteiger partial charge >= 0.3 is 11.7 Å². The second-order valence-corrected chi connectivity index (χ2v) is 5.76. The molecular formula is C13H18N2O4. The molecule has 6 nitrogen and oxygen atoms in total. The average molecular weight is 266 g/mol. The van der Waals surface area contributed by atoms with E-state index in [2.05, 4.69) is 18.8 Å². The Morgan fingerprint density at radius 3 is 2.68 bits per heavy atom.